The van der Waals surface area contributed by atoms with Crippen LogP contribution in [-0.4, -0.2) is 19.2 Å². The Morgan fingerprint density at radius 2 is 1.88 bits per heavy atom. The number of hydrogen-bond acceptors (Lipinski definition) is 3. The number of carbonyl (C=O) groups excluding carboxylic acids is 1. The number of benzene rings is 1. The summed E-state index contributed by atoms with van der Waals surface area (Å²) in [6.07, 6.45) is 0.909. The zero-order valence-electron chi connectivity index (χ0n) is 10.7. The fraction of sp³-hybridized carbons (Fsp3) is 0.500. The van der Waals surface area contributed by atoms with Crippen LogP contribution in [0.25, 0.3) is 0 Å². The standard InChI is InChI=1S/C14H20O3/c1-4-11(2)13-5-7-14(8-6-13)16-9-12(3)17-10-15/h5-8,10-12H,4,9H2,1-3H3/t11-,12-/m0/s1. The van der Waals surface area contributed by atoms with Gasteiger partial charge in [-0.3, -0.25) is 4.79 Å². The molecule has 0 aromatic heterocycles. The molecule has 1 aromatic carbocycles. The molecule has 0 aliphatic heterocycles. The number of ether oxygens (including phenoxy) is 2. The lowest BCUT2D eigenvalue weighted by atomic mass is 9.99. The molecule has 0 unspecified atom stereocenters. The van der Waals surface area contributed by atoms with Crippen molar-refractivity contribution in [1.82, 2.24) is 0 Å². The third-order valence-electron chi connectivity index (χ3n) is 2.83. The first-order chi connectivity index (χ1) is 8.17. The number of carbonyl (C=O) groups is 1. The molecule has 0 aliphatic carbocycles. The molecule has 0 aliphatic rings. The molecular formula is C14H20O3. The van der Waals surface area contributed by atoms with E-state index in [0.29, 0.717) is 19.0 Å². The fourth-order valence-corrected chi connectivity index (χ4v) is 1.48. The second-order valence-corrected chi connectivity index (χ2v) is 4.23. The fourth-order valence-electron chi connectivity index (χ4n) is 1.48. The lowest BCUT2D eigenvalue weighted by Crippen LogP contribution is -2.17. The second-order valence-electron chi connectivity index (χ2n) is 4.23. The van der Waals surface area contributed by atoms with Gasteiger partial charge < -0.3 is 9.47 Å². The van der Waals surface area contributed by atoms with Crippen LogP contribution in [0.1, 0.15) is 38.7 Å². The highest BCUT2D eigenvalue weighted by molar-refractivity contribution is 5.37. The summed E-state index contributed by atoms with van der Waals surface area (Å²) in [5.41, 5.74) is 1.32. The van der Waals surface area contributed by atoms with Gasteiger partial charge in [-0.2, -0.15) is 0 Å². The third-order valence-corrected chi connectivity index (χ3v) is 2.83. The van der Waals surface area contributed by atoms with Crippen molar-refractivity contribution in [1.29, 1.82) is 0 Å². The molecule has 3 nitrogen and oxygen atoms in total. The predicted octanol–water partition coefficient (Wildman–Crippen LogP) is 3.14. The van der Waals surface area contributed by atoms with Crippen LogP contribution >= 0.6 is 0 Å². The van der Waals surface area contributed by atoms with Crippen LogP contribution in [0.15, 0.2) is 24.3 Å². The molecule has 0 saturated carbocycles. The maximum atomic E-state index is 10.1. The third kappa shape index (κ3) is 4.47. The van der Waals surface area contributed by atoms with Gasteiger partial charge in [0.25, 0.3) is 6.47 Å². The Kier molecular flexibility index (Phi) is 5.53. The van der Waals surface area contributed by atoms with Crippen LogP contribution < -0.4 is 4.74 Å². The van der Waals surface area contributed by atoms with Crippen LogP contribution in [-0.2, 0) is 9.53 Å². The molecule has 0 radical (unpaired) electrons. The van der Waals surface area contributed by atoms with E-state index in [4.69, 9.17) is 9.47 Å². The molecule has 1 aromatic rings. The van der Waals surface area contributed by atoms with E-state index in [1.165, 1.54) is 5.56 Å². The predicted molar refractivity (Wildman–Crippen MR) is 67.3 cm³/mol. The Morgan fingerprint density at radius 1 is 1.24 bits per heavy atom. The van der Waals surface area contributed by atoms with Gasteiger partial charge >= 0.3 is 0 Å². The van der Waals surface area contributed by atoms with Crippen LogP contribution in [0, 0.1) is 0 Å². The van der Waals surface area contributed by atoms with Gasteiger partial charge in [0.15, 0.2) is 0 Å². The summed E-state index contributed by atoms with van der Waals surface area (Å²) in [5, 5.41) is 0. The van der Waals surface area contributed by atoms with Crippen molar-refractivity contribution < 1.29 is 14.3 Å². The highest BCUT2D eigenvalue weighted by Crippen LogP contribution is 2.21. The van der Waals surface area contributed by atoms with Crippen molar-refractivity contribution in [3.63, 3.8) is 0 Å². The molecule has 0 amide bonds. The summed E-state index contributed by atoms with van der Waals surface area (Å²) in [6.45, 7) is 6.99. The maximum Gasteiger partial charge on any atom is 0.293 e. The summed E-state index contributed by atoms with van der Waals surface area (Å²) in [6, 6.07) is 8.06. The van der Waals surface area contributed by atoms with E-state index in [2.05, 4.69) is 26.0 Å². The second kappa shape index (κ2) is 6.94. The average Bonchev–Trinajstić information content (AvgIpc) is 2.36. The van der Waals surface area contributed by atoms with Gasteiger partial charge in [-0.15, -0.1) is 0 Å². The highest BCUT2D eigenvalue weighted by atomic mass is 16.6. The molecule has 0 heterocycles. The molecule has 17 heavy (non-hydrogen) atoms. The van der Waals surface area contributed by atoms with Crippen LogP contribution in [0.4, 0.5) is 0 Å². The molecule has 0 spiro atoms. The first-order valence-electron chi connectivity index (χ1n) is 5.99. The molecule has 1 rings (SSSR count). The Bertz CT molecular complexity index is 332. The molecule has 0 saturated heterocycles. The van der Waals surface area contributed by atoms with Crippen LogP contribution in [0.3, 0.4) is 0 Å². The summed E-state index contributed by atoms with van der Waals surface area (Å²) in [7, 11) is 0. The molecule has 0 bridgehead atoms. The Hall–Kier alpha value is -1.51. The van der Waals surface area contributed by atoms with Gasteiger partial charge in [0.1, 0.15) is 18.5 Å². The smallest absolute Gasteiger partial charge is 0.293 e. The van der Waals surface area contributed by atoms with Crippen molar-refractivity contribution in [2.24, 2.45) is 0 Å². The van der Waals surface area contributed by atoms with Gasteiger partial charge in [0, 0.05) is 0 Å². The van der Waals surface area contributed by atoms with Crippen molar-refractivity contribution in [3.8, 4) is 5.75 Å². The van der Waals surface area contributed by atoms with E-state index in [0.717, 1.165) is 12.2 Å². The SMILES string of the molecule is CC[C@H](C)c1ccc(OC[C@H](C)OC=O)cc1. The van der Waals surface area contributed by atoms with Crippen molar-refractivity contribution in [3.05, 3.63) is 29.8 Å². The Balaban J connectivity index is 2.48. The minimum absolute atomic E-state index is 0.221. The molecule has 0 N–H and O–H groups in total. The number of rotatable bonds is 7. The van der Waals surface area contributed by atoms with E-state index >= 15 is 0 Å². The maximum absolute atomic E-state index is 10.1. The average molecular weight is 236 g/mol. The van der Waals surface area contributed by atoms with Crippen LogP contribution in [0.5, 0.6) is 5.75 Å². The molecular weight excluding hydrogens is 216 g/mol. The van der Waals surface area contributed by atoms with E-state index in [-0.39, 0.29) is 6.10 Å². The van der Waals surface area contributed by atoms with E-state index in [1.807, 2.05) is 12.1 Å². The highest BCUT2D eigenvalue weighted by Gasteiger charge is 2.05. The van der Waals surface area contributed by atoms with Gasteiger partial charge in [0.05, 0.1) is 0 Å². The topological polar surface area (TPSA) is 35.5 Å². The molecule has 2 atom stereocenters. The van der Waals surface area contributed by atoms with Crippen molar-refractivity contribution >= 4 is 6.47 Å². The van der Waals surface area contributed by atoms with E-state index in [1.54, 1.807) is 6.92 Å². The lowest BCUT2D eigenvalue weighted by molar-refractivity contribution is -0.134. The monoisotopic (exact) mass is 236 g/mol. The summed E-state index contributed by atoms with van der Waals surface area (Å²) >= 11 is 0. The normalized spacial score (nSPS) is 13.8. The minimum atomic E-state index is -0.221. The van der Waals surface area contributed by atoms with Gasteiger partial charge in [0.2, 0.25) is 0 Å². The first kappa shape index (κ1) is 13.6. The molecule has 3 heteroatoms. The number of hydrogen-bond donors (Lipinski definition) is 0. The van der Waals surface area contributed by atoms with Gasteiger partial charge in [-0.25, -0.2) is 0 Å². The van der Waals surface area contributed by atoms with Crippen molar-refractivity contribution in [2.75, 3.05) is 6.61 Å². The summed E-state index contributed by atoms with van der Waals surface area (Å²) in [5.74, 6) is 1.37. The Labute approximate surface area is 103 Å². The zero-order valence-corrected chi connectivity index (χ0v) is 10.7. The lowest BCUT2D eigenvalue weighted by Gasteiger charge is -2.13. The quantitative estimate of drug-likeness (QED) is 0.682. The molecule has 94 valence electrons. The summed E-state index contributed by atoms with van der Waals surface area (Å²) in [4.78, 5) is 10.1. The summed E-state index contributed by atoms with van der Waals surface area (Å²) < 4.78 is 10.2. The zero-order chi connectivity index (χ0) is 12.7. The van der Waals surface area contributed by atoms with Crippen LogP contribution in [0.2, 0.25) is 0 Å². The van der Waals surface area contributed by atoms with Gasteiger partial charge in [-0.1, -0.05) is 26.0 Å². The largest absolute Gasteiger partial charge is 0.490 e. The van der Waals surface area contributed by atoms with Gasteiger partial charge in [-0.05, 0) is 37.0 Å². The minimum Gasteiger partial charge on any atom is -0.490 e. The van der Waals surface area contributed by atoms with Crippen molar-refractivity contribution in [2.45, 2.75) is 39.2 Å². The Morgan fingerprint density at radius 3 is 2.41 bits per heavy atom. The van der Waals surface area contributed by atoms with E-state index < -0.39 is 0 Å². The molecule has 0 fully saturated rings. The first-order valence-corrected chi connectivity index (χ1v) is 5.99. The van der Waals surface area contributed by atoms with E-state index in [9.17, 15) is 4.79 Å².